The van der Waals surface area contributed by atoms with Gasteiger partial charge in [-0.15, -0.1) is 0 Å². The van der Waals surface area contributed by atoms with Crippen LogP contribution in [0.5, 0.6) is 0 Å². The summed E-state index contributed by atoms with van der Waals surface area (Å²) in [6.07, 6.45) is -3.41. The molecular weight excluding hydrogens is 527 g/mol. The molecule has 9 nitrogen and oxygen atoms in total. The predicted molar refractivity (Wildman–Crippen MR) is 142 cm³/mol. The molecule has 0 atom stereocenters. The Morgan fingerprint density at radius 1 is 1.02 bits per heavy atom. The fourth-order valence-corrected chi connectivity index (χ4v) is 4.20. The van der Waals surface area contributed by atoms with E-state index in [0.717, 1.165) is 31.3 Å². The number of ether oxygens (including phenoxy) is 1. The number of amides is 3. The Balaban J connectivity index is 1.55. The number of halogens is 3. The van der Waals surface area contributed by atoms with E-state index >= 15 is 0 Å². The van der Waals surface area contributed by atoms with Gasteiger partial charge in [-0.3, -0.25) is 24.3 Å². The van der Waals surface area contributed by atoms with Gasteiger partial charge >= 0.3 is 6.18 Å². The first kappa shape index (κ1) is 28.7. The quantitative estimate of drug-likeness (QED) is 0.439. The van der Waals surface area contributed by atoms with Crippen LogP contribution in [-0.4, -0.2) is 78.9 Å². The molecular formula is C28H28F3N5O4. The fourth-order valence-electron chi connectivity index (χ4n) is 4.20. The lowest BCUT2D eigenvalue weighted by Gasteiger charge is -2.28. The van der Waals surface area contributed by atoms with Gasteiger partial charge in [-0.2, -0.15) is 13.2 Å². The van der Waals surface area contributed by atoms with E-state index in [4.69, 9.17) is 10.5 Å². The number of anilines is 1. The maximum atomic E-state index is 13.5. The maximum Gasteiger partial charge on any atom is 0.416 e. The number of carbonyl (C=O) groups is 3. The third kappa shape index (κ3) is 7.01. The highest BCUT2D eigenvalue weighted by atomic mass is 19.4. The molecule has 1 fully saturated rings. The Morgan fingerprint density at radius 3 is 2.45 bits per heavy atom. The molecule has 0 aliphatic carbocycles. The molecule has 1 aromatic heterocycles. The van der Waals surface area contributed by atoms with E-state index < -0.39 is 23.6 Å². The molecule has 1 saturated heterocycles. The number of nitrogens with one attached hydrogen (secondary N) is 1. The van der Waals surface area contributed by atoms with E-state index in [1.165, 1.54) is 30.5 Å². The second kappa shape index (κ2) is 12.3. The van der Waals surface area contributed by atoms with Crippen LogP contribution < -0.4 is 11.1 Å². The molecule has 0 spiro atoms. The van der Waals surface area contributed by atoms with Gasteiger partial charge in [-0.25, -0.2) is 0 Å². The zero-order valence-corrected chi connectivity index (χ0v) is 21.7. The van der Waals surface area contributed by atoms with Crippen molar-refractivity contribution in [3.05, 3.63) is 83.0 Å². The lowest BCUT2D eigenvalue weighted by atomic mass is 10.0. The minimum absolute atomic E-state index is 0.0171. The number of nitrogens with zero attached hydrogens (tertiary/aromatic N) is 3. The van der Waals surface area contributed by atoms with E-state index in [1.54, 1.807) is 24.1 Å². The van der Waals surface area contributed by atoms with Crippen LogP contribution in [-0.2, 0) is 10.9 Å². The Bertz CT molecular complexity index is 1410. The van der Waals surface area contributed by atoms with Crippen LogP contribution in [0.25, 0.3) is 11.3 Å². The van der Waals surface area contributed by atoms with Gasteiger partial charge in [0.1, 0.15) is 0 Å². The zero-order chi connectivity index (χ0) is 28.9. The first-order valence-electron chi connectivity index (χ1n) is 12.5. The minimum Gasteiger partial charge on any atom is -0.379 e. The number of carbonyl (C=O) groups excluding carboxylic acids is 3. The number of rotatable bonds is 8. The van der Waals surface area contributed by atoms with Crippen molar-refractivity contribution in [1.82, 2.24) is 14.8 Å². The number of nitrogens with two attached hydrogens (primary N) is 1. The molecule has 3 aromatic rings. The van der Waals surface area contributed by atoms with Crippen molar-refractivity contribution in [3.63, 3.8) is 0 Å². The second-order valence-electron chi connectivity index (χ2n) is 9.27. The van der Waals surface area contributed by atoms with Gasteiger partial charge in [0.05, 0.1) is 30.2 Å². The summed E-state index contributed by atoms with van der Waals surface area (Å²) in [7, 11) is 1.68. The highest BCUT2D eigenvalue weighted by Gasteiger charge is 2.31. The van der Waals surface area contributed by atoms with Crippen LogP contribution in [0.4, 0.5) is 18.9 Å². The summed E-state index contributed by atoms with van der Waals surface area (Å²) in [5.41, 5.74) is 4.83. The average Bonchev–Trinajstić information content (AvgIpc) is 2.95. The van der Waals surface area contributed by atoms with Crippen LogP contribution in [0.2, 0.25) is 0 Å². The number of hydrogen-bond donors (Lipinski definition) is 2. The lowest BCUT2D eigenvalue weighted by molar-refractivity contribution is -0.137. The number of benzene rings is 2. The molecule has 4 rings (SSSR count). The third-order valence-electron chi connectivity index (χ3n) is 6.49. The largest absolute Gasteiger partial charge is 0.416 e. The molecule has 0 saturated carbocycles. The summed E-state index contributed by atoms with van der Waals surface area (Å²) in [5, 5.41) is 2.61. The molecule has 1 aliphatic heterocycles. The van der Waals surface area contributed by atoms with Gasteiger partial charge in [0.25, 0.3) is 11.8 Å². The molecule has 210 valence electrons. The second-order valence-corrected chi connectivity index (χ2v) is 9.27. The number of aromatic nitrogens is 1. The topological polar surface area (TPSA) is 118 Å². The van der Waals surface area contributed by atoms with Crippen molar-refractivity contribution < 1.29 is 32.3 Å². The van der Waals surface area contributed by atoms with Crippen molar-refractivity contribution in [2.45, 2.75) is 6.18 Å². The molecule has 0 unspecified atom stereocenters. The summed E-state index contributed by atoms with van der Waals surface area (Å²) in [4.78, 5) is 45.6. The van der Waals surface area contributed by atoms with E-state index in [0.29, 0.717) is 31.9 Å². The van der Waals surface area contributed by atoms with Crippen molar-refractivity contribution in [3.8, 4) is 11.3 Å². The summed E-state index contributed by atoms with van der Waals surface area (Å²) in [6.45, 7) is 4.08. The highest BCUT2D eigenvalue weighted by Crippen LogP contribution is 2.36. The monoisotopic (exact) mass is 555 g/mol. The van der Waals surface area contributed by atoms with Crippen LogP contribution in [0, 0.1) is 0 Å². The van der Waals surface area contributed by atoms with E-state index in [1.807, 2.05) is 0 Å². The number of morpholine rings is 1. The standard InChI is InChI=1S/C28H28F3N5O4/c1-35(9-10-36-11-13-40-14-12-36)27(39)20-4-2-3-19(15-20)26(38)34-23-6-5-21(28(29,30)31)17-22(23)24-16-18(25(32)37)7-8-33-24/h2-8,15-17H,9-14H2,1H3,(H2,32,37)(H,34,38). The molecule has 12 heteroatoms. The van der Waals surface area contributed by atoms with Crippen LogP contribution in [0.1, 0.15) is 36.6 Å². The minimum atomic E-state index is -4.65. The molecule has 0 bridgehead atoms. The smallest absolute Gasteiger partial charge is 0.379 e. The van der Waals surface area contributed by atoms with Gasteiger partial charge in [-0.1, -0.05) is 6.07 Å². The predicted octanol–water partition coefficient (Wildman–Crippen LogP) is 3.52. The Hall–Kier alpha value is -4.29. The number of hydrogen-bond acceptors (Lipinski definition) is 6. The lowest BCUT2D eigenvalue weighted by Crippen LogP contribution is -2.41. The molecule has 2 aromatic carbocycles. The van der Waals surface area contributed by atoms with Crippen molar-refractivity contribution in [2.24, 2.45) is 5.73 Å². The maximum absolute atomic E-state index is 13.5. The number of alkyl halides is 3. The van der Waals surface area contributed by atoms with Crippen molar-refractivity contribution >= 4 is 23.4 Å². The SMILES string of the molecule is CN(CCN1CCOCC1)C(=O)c1cccc(C(=O)Nc2ccc(C(F)(F)F)cc2-c2cc(C(N)=O)ccn2)c1. The molecule has 0 radical (unpaired) electrons. The zero-order valence-electron chi connectivity index (χ0n) is 21.7. The van der Waals surface area contributed by atoms with E-state index in [-0.39, 0.29) is 34.0 Å². The Kier molecular flexibility index (Phi) is 8.80. The Morgan fingerprint density at radius 2 is 1.75 bits per heavy atom. The van der Waals surface area contributed by atoms with Crippen LogP contribution >= 0.6 is 0 Å². The number of likely N-dealkylation sites (N-methyl/N-ethyl adjacent to an activating group) is 1. The Labute approximate surface area is 228 Å². The van der Waals surface area contributed by atoms with Gasteiger partial charge in [0.15, 0.2) is 0 Å². The third-order valence-corrected chi connectivity index (χ3v) is 6.49. The van der Waals surface area contributed by atoms with Crippen molar-refractivity contribution in [2.75, 3.05) is 51.8 Å². The number of pyridine rings is 1. The molecule has 40 heavy (non-hydrogen) atoms. The van der Waals surface area contributed by atoms with Crippen LogP contribution in [0.3, 0.4) is 0 Å². The van der Waals surface area contributed by atoms with Gasteiger partial charge in [0, 0.05) is 61.7 Å². The molecule has 2 heterocycles. The summed E-state index contributed by atoms with van der Waals surface area (Å²) in [6, 6.07) is 11.4. The summed E-state index contributed by atoms with van der Waals surface area (Å²) < 4.78 is 45.7. The fraction of sp³-hybridized carbons (Fsp3) is 0.286. The van der Waals surface area contributed by atoms with Crippen LogP contribution in [0.15, 0.2) is 60.8 Å². The van der Waals surface area contributed by atoms with Gasteiger partial charge < -0.3 is 20.7 Å². The molecule has 3 amide bonds. The van der Waals surface area contributed by atoms with Gasteiger partial charge in [-0.05, 0) is 48.5 Å². The van der Waals surface area contributed by atoms with E-state index in [9.17, 15) is 27.6 Å². The average molecular weight is 556 g/mol. The first-order chi connectivity index (χ1) is 19.0. The van der Waals surface area contributed by atoms with Crippen molar-refractivity contribution in [1.29, 1.82) is 0 Å². The first-order valence-corrected chi connectivity index (χ1v) is 12.5. The highest BCUT2D eigenvalue weighted by molar-refractivity contribution is 6.08. The normalized spacial score (nSPS) is 14.0. The summed E-state index contributed by atoms with van der Waals surface area (Å²) in [5.74, 6) is -1.69. The number of primary amides is 1. The summed E-state index contributed by atoms with van der Waals surface area (Å²) >= 11 is 0. The molecule has 3 N–H and O–H groups in total. The van der Waals surface area contributed by atoms with E-state index in [2.05, 4.69) is 15.2 Å². The van der Waals surface area contributed by atoms with Gasteiger partial charge in [0.2, 0.25) is 5.91 Å². The molecule has 1 aliphatic rings.